The van der Waals surface area contributed by atoms with Gasteiger partial charge in [0.15, 0.2) is 5.76 Å². The number of anilines is 1. The van der Waals surface area contributed by atoms with Gasteiger partial charge >= 0.3 is 0 Å². The molecule has 0 aliphatic carbocycles. The summed E-state index contributed by atoms with van der Waals surface area (Å²) in [4.78, 5) is 20.4. The van der Waals surface area contributed by atoms with Crippen LogP contribution in [0.4, 0.5) is 5.13 Å². The van der Waals surface area contributed by atoms with Gasteiger partial charge in [-0.1, -0.05) is 0 Å². The summed E-state index contributed by atoms with van der Waals surface area (Å²) in [5.74, 6) is 1.16. The summed E-state index contributed by atoms with van der Waals surface area (Å²) in [6.07, 6.45) is 1.52. The Morgan fingerprint density at radius 3 is 2.74 bits per heavy atom. The van der Waals surface area contributed by atoms with Crippen LogP contribution in [0.15, 0.2) is 22.8 Å². The summed E-state index contributed by atoms with van der Waals surface area (Å²) in [6, 6.07) is 3.43. The fraction of sp³-hybridized carbons (Fsp3) is 0.417. The highest BCUT2D eigenvalue weighted by Gasteiger charge is 2.24. The standard InChI is InChI=1S/C12H14N4O2S/c1-9-13-12(19-14-9)16-6-4-15(5-7-16)11(17)10-3-2-8-18-10/h2-3,8H,4-7H2,1H3. The molecule has 7 heteroatoms. The summed E-state index contributed by atoms with van der Waals surface area (Å²) in [5.41, 5.74) is 0. The monoisotopic (exact) mass is 278 g/mol. The number of nitrogens with zero attached hydrogens (tertiary/aromatic N) is 4. The van der Waals surface area contributed by atoms with Gasteiger partial charge in [-0.25, -0.2) is 4.98 Å². The minimum absolute atomic E-state index is 0.0434. The highest BCUT2D eigenvalue weighted by atomic mass is 32.1. The van der Waals surface area contributed by atoms with Crippen LogP contribution in [0.25, 0.3) is 0 Å². The van der Waals surface area contributed by atoms with Gasteiger partial charge in [-0.2, -0.15) is 4.37 Å². The summed E-state index contributed by atoms with van der Waals surface area (Å²) in [6.45, 7) is 4.80. The topological polar surface area (TPSA) is 62.5 Å². The van der Waals surface area contributed by atoms with Crippen LogP contribution in [0.1, 0.15) is 16.4 Å². The average molecular weight is 278 g/mol. The maximum Gasteiger partial charge on any atom is 0.289 e. The van der Waals surface area contributed by atoms with Crippen molar-refractivity contribution in [3.8, 4) is 0 Å². The highest BCUT2D eigenvalue weighted by Crippen LogP contribution is 2.19. The molecule has 0 bridgehead atoms. The van der Waals surface area contributed by atoms with E-state index >= 15 is 0 Å². The number of aromatic nitrogens is 2. The smallest absolute Gasteiger partial charge is 0.289 e. The van der Waals surface area contributed by atoms with Gasteiger partial charge in [-0.15, -0.1) is 0 Å². The Labute approximate surface area is 114 Å². The largest absolute Gasteiger partial charge is 0.459 e. The number of amides is 1. The summed E-state index contributed by atoms with van der Waals surface area (Å²) in [7, 11) is 0. The minimum atomic E-state index is -0.0434. The number of carbonyl (C=O) groups excluding carboxylic acids is 1. The normalized spacial score (nSPS) is 15.8. The van der Waals surface area contributed by atoms with E-state index < -0.39 is 0 Å². The lowest BCUT2D eigenvalue weighted by atomic mass is 10.3. The van der Waals surface area contributed by atoms with Crippen LogP contribution >= 0.6 is 11.5 Å². The van der Waals surface area contributed by atoms with E-state index in [-0.39, 0.29) is 5.91 Å². The first-order chi connectivity index (χ1) is 9.24. The van der Waals surface area contributed by atoms with Crippen molar-refractivity contribution in [2.45, 2.75) is 6.92 Å². The number of piperazine rings is 1. The van der Waals surface area contributed by atoms with E-state index in [2.05, 4.69) is 14.3 Å². The molecule has 100 valence electrons. The van der Waals surface area contributed by atoms with E-state index in [1.165, 1.54) is 17.8 Å². The second kappa shape index (κ2) is 5.00. The van der Waals surface area contributed by atoms with Crippen molar-refractivity contribution in [2.24, 2.45) is 0 Å². The van der Waals surface area contributed by atoms with Crippen LogP contribution in [0.3, 0.4) is 0 Å². The third kappa shape index (κ3) is 2.46. The minimum Gasteiger partial charge on any atom is -0.459 e. The number of hydrogen-bond donors (Lipinski definition) is 0. The fourth-order valence-corrected chi connectivity index (χ4v) is 2.80. The summed E-state index contributed by atoms with van der Waals surface area (Å²) < 4.78 is 9.32. The molecule has 0 unspecified atom stereocenters. The number of hydrogen-bond acceptors (Lipinski definition) is 6. The molecule has 3 heterocycles. The van der Waals surface area contributed by atoms with Gasteiger partial charge in [0.05, 0.1) is 6.26 Å². The van der Waals surface area contributed by atoms with Crippen LogP contribution in [-0.4, -0.2) is 46.3 Å². The first-order valence-corrected chi connectivity index (χ1v) is 6.89. The zero-order chi connectivity index (χ0) is 13.2. The molecule has 3 rings (SSSR count). The molecule has 0 N–H and O–H groups in total. The Bertz CT molecular complexity index is 558. The first-order valence-electron chi connectivity index (χ1n) is 6.12. The molecule has 1 saturated heterocycles. The zero-order valence-electron chi connectivity index (χ0n) is 10.6. The van der Waals surface area contributed by atoms with Gasteiger partial charge in [0.25, 0.3) is 5.91 Å². The van der Waals surface area contributed by atoms with E-state index in [0.29, 0.717) is 18.8 Å². The Morgan fingerprint density at radius 1 is 1.37 bits per heavy atom. The van der Waals surface area contributed by atoms with Gasteiger partial charge in [-0.3, -0.25) is 4.79 Å². The first kappa shape index (κ1) is 12.2. The van der Waals surface area contributed by atoms with E-state index in [0.717, 1.165) is 24.0 Å². The lowest BCUT2D eigenvalue weighted by Crippen LogP contribution is -2.48. The van der Waals surface area contributed by atoms with Crippen molar-refractivity contribution in [3.05, 3.63) is 30.0 Å². The molecular weight excluding hydrogens is 264 g/mol. The van der Waals surface area contributed by atoms with Crippen LogP contribution in [0.2, 0.25) is 0 Å². The SMILES string of the molecule is Cc1nsc(N2CCN(C(=O)c3ccco3)CC2)n1. The third-order valence-corrected chi connectivity index (χ3v) is 3.95. The van der Waals surface area contributed by atoms with Gasteiger partial charge in [0, 0.05) is 37.7 Å². The summed E-state index contributed by atoms with van der Waals surface area (Å²) in [5, 5.41) is 0.933. The van der Waals surface area contributed by atoms with Gasteiger partial charge < -0.3 is 14.2 Å². The molecule has 2 aromatic rings. The van der Waals surface area contributed by atoms with Crippen molar-refractivity contribution in [2.75, 3.05) is 31.1 Å². The molecule has 0 saturated carbocycles. The number of rotatable bonds is 2. The molecule has 1 amide bonds. The molecule has 0 radical (unpaired) electrons. The van der Waals surface area contributed by atoms with Crippen molar-refractivity contribution < 1.29 is 9.21 Å². The van der Waals surface area contributed by atoms with E-state index in [1.54, 1.807) is 12.1 Å². The zero-order valence-corrected chi connectivity index (χ0v) is 11.4. The van der Waals surface area contributed by atoms with Crippen LogP contribution in [-0.2, 0) is 0 Å². The molecule has 19 heavy (non-hydrogen) atoms. The molecular formula is C12H14N4O2S. The van der Waals surface area contributed by atoms with Gasteiger partial charge in [0.1, 0.15) is 5.82 Å². The maximum atomic E-state index is 12.1. The third-order valence-electron chi connectivity index (χ3n) is 3.09. The second-order valence-corrected chi connectivity index (χ2v) is 5.11. The lowest BCUT2D eigenvalue weighted by molar-refractivity contribution is 0.0714. The summed E-state index contributed by atoms with van der Waals surface area (Å²) >= 11 is 1.41. The van der Waals surface area contributed by atoms with Crippen molar-refractivity contribution in [1.29, 1.82) is 0 Å². The lowest BCUT2D eigenvalue weighted by Gasteiger charge is -2.33. The predicted octanol–water partition coefficient (Wildman–Crippen LogP) is 1.40. The number of furan rings is 1. The van der Waals surface area contributed by atoms with Crippen LogP contribution < -0.4 is 4.90 Å². The average Bonchev–Trinajstić information content (AvgIpc) is 3.09. The van der Waals surface area contributed by atoms with Crippen molar-refractivity contribution in [1.82, 2.24) is 14.3 Å². The van der Waals surface area contributed by atoms with Crippen LogP contribution in [0, 0.1) is 6.92 Å². The second-order valence-electron chi connectivity index (χ2n) is 4.38. The number of carbonyl (C=O) groups is 1. The Hall–Kier alpha value is -1.89. The quantitative estimate of drug-likeness (QED) is 0.831. The van der Waals surface area contributed by atoms with E-state index in [4.69, 9.17) is 4.42 Å². The molecule has 0 atom stereocenters. The maximum absolute atomic E-state index is 12.1. The molecule has 1 fully saturated rings. The van der Waals surface area contributed by atoms with Crippen molar-refractivity contribution >= 4 is 22.6 Å². The Balaban J connectivity index is 1.62. The molecule has 0 spiro atoms. The fourth-order valence-electron chi connectivity index (χ4n) is 2.07. The molecule has 0 aromatic carbocycles. The van der Waals surface area contributed by atoms with Gasteiger partial charge in [0.2, 0.25) is 5.13 Å². The predicted molar refractivity (Wildman–Crippen MR) is 71.5 cm³/mol. The van der Waals surface area contributed by atoms with Crippen LogP contribution in [0.5, 0.6) is 0 Å². The molecule has 2 aromatic heterocycles. The molecule has 1 aliphatic heterocycles. The Kier molecular flexibility index (Phi) is 3.20. The van der Waals surface area contributed by atoms with E-state index in [9.17, 15) is 4.79 Å². The number of aryl methyl sites for hydroxylation is 1. The van der Waals surface area contributed by atoms with Crippen molar-refractivity contribution in [3.63, 3.8) is 0 Å². The molecule has 1 aliphatic rings. The Morgan fingerprint density at radius 2 is 2.16 bits per heavy atom. The van der Waals surface area contributed by atoms with Gasteiger partial charge in [-0.05, 0) is 19.1 Å². The molecule has 6 nitrogen and oxygen atoms in total. The van der Waals surface area contributed by atoms with E-state index in [1.807, 2.05) is 11.8 Å². The highest BCUT2D eigenvalue weighted by molar-refractivity contribution is 7.09.